The summed E-state index contributed by atoms with van der Waals surface area (Å²) in [5.41, 5.74) is 2.77. The summed E-state index contributed by atoms with van der Waals surface area (Å²) >= 11 is 14.8. The monoisotopic (exact) mass is 519 g/mol. The molecule has 170 valence electrons. The van der Waals surface area contributed by atoms with Gasteiger partial charge < -0.3 is 14.6 Å². The number of anilines is 1. The van der Waals surface area contributed by atoms with Crippen LogP contribution in [-0.2, 0) is 18.4 Å². The van der Waals surface area contributed by atoms with E-state index in [1.807, 2.05) is 43.6 Å². The number of aromatic nitrogens is 4. The molecule has 1 N–H and O–H groups in total. The second kappa shape index (κ2) is 10.6. The molecule has 2 aromatic heterocycles. The van der Waals surface area contributed by atoms with E-state index in [0.29, 0.717) is 31.9 Å². The molecule has 0 aliphatic carbocycles. The first-order valence-electron chi connectivity index (χ1n) is 9.80. The van der Waals surface area contributed by atoms with Gasteiger partial charge in [0, 0.05) is 23.0 Å². The molecule has 0 fully saturated rings. The molecule has 0 spiro atoms. The molecule has 2 heterocycles. The Morgan fingerprint density at radius 1 is 1.18 bits per heavy atom. The predicted octanol–water partition coefficient (Wildman–Crippen LogP) is 5.86. The van der Waals surface area contributed by atoms with Crippen LogP contribution in [0, 0.1) is 6.92 Å². The third-order valence-electron chi connectivity index (χ3n) is 4.59. The van der Waals surface area contributed by atoms with Crippen molar-refractivity contribution < 1.29 is 9.53 Å². The normalized spacial score (nSPS) is 10.9. The number of carbonyl (C=O) groups excluding carboxylic acids is 1. The molecule has 0 atom stereocenters. The van der Waals surface area contributed by atoms with Gasteiger partial charge in [-0.25, -0.2) is 4.98 Å². The number of benzene rings is 2. The zero-order valence-corrected chi connectivity index (χ0v) is 20.9. The molecule has 4 rings (SSSR count). The van der Waals surface area contributed by atoms with Crippen LogP contribution in [0.4, 0.5) is 5.13 Å². The van der Waals surface area contributed by atoms with Gasteiger partial charge >= 0.3 is 0 Å². The van der Waals surface area contributed by atoms with Gasteiger partial charge in [-0.2, -0.15) is 0 Å². The highest BCUT2D eigenvalue weighted by atomic mass is 35.5. The van der Waals surface area contributed by atoms with E-state index in [-0.39, 0.29) is 18.3 Å². The van der Waals surface area contributed by atoms with Crippen molar-refractivity contribution in [3.63, 3.8) is 0 Å². The molecule has 11 heteroatoms. The standard InChI is InChI=1S/C22H19Cl2N5O2S2/c1-13-3-8-16(24)18(9-13)31-10-19-27-28-22(29(19)2)33-12-20(30)26-21-25-17(11-32-21)14-4-6-15(23)7-5-14/h3-9,11H,10,12H2,1-2H3,(H,25,26,30). The molecule has 0 bridgehead atoms. The zero-order valence-electron chi connectivity index (χ0n) is 17.7. The highest BCUT2D eigenvalue weighted by Gasteiger charge is 2.14. The number of thiazole rings is 1. The predicted molar refractivity (Wildman–Crippen MR) is 133 cm³/mol. The van der Waals surface area contributed by atoms with E-state index < -0.39 is 0 Å². The Morgan fingerprint density at radius 2 is 1.97 bits per heavy atom. The molecule has 1 amide bonds. The molecule has 0 radical (unpaired) electrons. The average Bonchev–Trinajstić information content (AvgIpc) is 3.40. The number of thioether (sulfide) groups is 1. The van der Waals surface area contributed by atoms with Crippen LogP contribution >= 0.6 is 46.3 Å². The van der Waals surface area contributed by atoms with Crippen molar-refractivity contribution in [1.29, 1.82) is 0 Å². The van der Waals surface area contributed by atoms with Crippen LogP contribution < -0.4 is 10.1 Å². The highest BCUT2D eigenvalue weighted by molar-refractivity contribution is 7.99. The van der Waals surface area contributed by atoms with Gasteiger partial charge in [0.2, 0.25) is 5.91 Å². The Balaban J connectivity index is 1.30. The molecule has 0 saturated carbocycles. The van der Waals surface area contributed by atoms with E-state index in [1.54, 1.807) is 22.8 Å². The van der Waals surface area contributed by atoms with Crippen molar-refractivity contribution in [1.82, 2.24) is 19.7 Å². The molecular formula is C22H19Cl2N5O2S2. The highest BCUT2D eigenvalue weighted by Crippen LogP contribution is 2.27. The van der Waals surface area contributed by atoms with Gasteiger partial charge in [-0.05, 0) is 36.8 Å². The van der Waals surface area contributed by atoms with Crippen molar-refractivity contribution in [3.05, 3.63) is 69.3 Å². The summed E-state index contributed by atoms with van der Waals surface area (Å²) < 4.78 is 7.59. The van der Waals surface area contributed by atoms with Gasteiger partial charge in [0.1, 0.15) is 12.4 Å². The molecule has 2 aromatic carbocycles. The molecule has 0 aliphatic heterocycles. The van der Waals surface area contributed by atoms with Crippen molar-refractivity contribution in [3.8, 4) is 17.0 Å². The van der Waals surface area contributed by atoms with Gasteiger partial charge in [0.25, 0.3) is 0 Å². The van der Waals surface area contributed by atoms with Crippen molar-refractivity contribution in [2.45, 2.75) is 18.7 Å². The molecule has 0 aliphatic rings. The van der Waals surface area contributed by atoms with Crippen LogP contribution in [0.15, 0.2) is 53.0 Å². The summed E-state index contributed by atoms with van der Waals surface area (Å²) in [6.07, 6.45) is 0. The van der Waals surface area contributed by atoms with Crippen molar-refractivity contribution >= 4 is 57.3 Å². The van der Waals surface area contributed by atoms with Crippen LogP contribution in [0.25, 0.3) is 11.3 Å². The van der Waals surface area contributed by atoms with Gasteiger partial charge in [-0.15, -0.1) is 21.5 Å². The Labute approximate surface area is 209 Å². The summed E-state index contributed by atoms with van der Waals surface area (Å²) in [6.45, 7) is 2.18. The first-order valence-corrected chi connectivity index (χ1v) is 12.4. The fourth-order valence-corrected chi connectivity index (χ4v) is 4.59. The Kier molecular flexibility index (Phi) is 7.54. The molecule has 4 aromatic rings. The third kappa shape index (κ3) is 6.05. The zero-order chi connectivity index (χ0) is 23.4. The van der Waals surface area contributed by atoms with Gasteiger partial charge in [-0.1, -0.05) is 53.2 Å². The average molecular weight is 520 g/mol. The van der Waals surface area contributed by atoms with E-state index in [9.17, 15) is 4.79 Å². The summed E-state index contributed by atoms with van der Waals surface area (Å²) in [4.78, 5) is 16.9. The van der Waals surface area contributed by atoms with Crippen LogP contribution in [-0.4, -0.2) is 31.4 Å². The smallest absolute Gasteiger partial charge is 0.236 e. The lowest BCUT2D eigenvalue weighted by atomic mass is 10.2. The number of aryl methyl sites for hydroxylation is 1. The molecule has 7 nitrogen and oxygen atoms in total. The van der Waals surface area contributed by atoms with Crippen LogP contribution in [0.2, 0.25) is 10.0 Å². The second-order valence-corrected chi connectivity index (χ2v) is 9.71. The van der Waals surface area contributed by atoms with E-state index >= 15 is 0 Å². The quantitative estimate of drug-likeness (QED) is 0.293. The SMILES string of the molecule is Cc1ccc(Cl)c(OCc2nnc(SCC(=O)Nc3nc(-c4ccc(Cl)cc4)cs3)n2C)c1. The number of hydrogen-bond donors (Lipinski definition) is 1. The Hall–Kier alpha value is -2.59. The summed E-state index contributed by atoms with van der Waals surface area (Å²) in [5.74, 6) is 1.22. The topological polar surface area (TPSA) is 81.9 Å². The van der Waals surface area contributed by atoms with E-state index in [4.69, 9.17) is 27.9 Å². The summed E-state index contributed by atoms with van der Waals surface area (Å²) in [5, 5.41) is 15.4. The second-order valence-electron chi connectivity index (χ2n) is 7.06. The first kappa shape index (κ1) is 23.6. The van der Waals surface area contributed by atoms with Gasteiger partial charge in [0.15, 0.2) is 16.1 Å². The maximum Gasteiger partial charge on any atom is 0.236 e. The van der Waals surface area contributed by atoms with Crippen LogP contribution in [0.1, 0.15) is 11.4 Å². The Morgan fingerprint density at radius 3 is 2.76 bits per heavy atom. The number of halogens is 2. The number of hydrogen-bond acceptors (Lipinski definition) is 7. The number of carbonyl (C=O) groups is 1. The maximum atomic E-state index is 12.4. The largest absolute Gasteiger partial charge is 0.484 e. The first-order chi connectivity index (χ1) is 15.9. The minimum atomic E-state index is -0.177. The number of nitrogens with one attached hydrogen (secondary N) is 1. The molecule has 33 heavy (non-hydrogen) atoms. The van der Waals surface area contributed by atoms with E-state index in [0.717, 1.165) is 16.8 Å². The Bertz CT molecular complexity index is 1270. The van der Waals surface area contributed by atoms with Gasteiger partial charge in [0.05, 0.1) is 16.5 Å². The van der Waals surface area contributed by atoms with E-state index in [2.05, 4.69) is 20.5 Å². The lowest BCUT2D eigenvalue weighted by Crippen LogP contribution is -2.14. The lowest BCUT2D eigenvalue weighted by molar-refractivity contribution is -0.113. The fourth-order valence-electron chi connectivity index (χ4n) is 2.83. The maximum absolute atomic E-state index is 12.4. The number of ether oxygens (including phenoxy) is 1. The molecule has 0 saturated heterocycles. The summed E-state index contributed by atoms with van der Waals surface area (Å²) in [7, 11) is 1.83. The van der Waals surface area contributed by atoms with Crippen molar-refractivity contribution in [2.75, 3.05) is 11.1 Å². The number of amides is 1. The minimum Gasteiger partial charge on any atom is -0.484 e. The van der Waals surface area contributed by atoms with Crippen molar-refractivity contribution in [2.24, 2.45) is 7.05 Å². The van der Waals surface area contributed by atoms with Gasteiger partial charge in [-0.3, -0.25) is 4.79 Å². The third-order valence-corrected chi connectivity index (χ3v) is 6.93. The fraction of sp³-hybridized carbons (Fsp3) is 0.182. The molecular weight excluding hydrogens is 501 g/mol. The van der Waals surface area contributed by atoms with Crippen LogP contribution in [0.3, 0.4) is 0 Å². The van der Waals surface area contributed by atoms with E-state index in [1.165, 1.54) is 23.1 Å². The summed E-state index contributed by atoms with van der Waals surface area (Å²) in [6, 6.07) is 13.0. The van der Waals surface area contributed by atoms with Crippen LogP contribution in [0.5, 0.6) is 5.75 Å². The lowest BCUT2D eigenvalue weighted by Gasteiger charge is -2.09. The number of nitrogens with zero attached hydrogens (tertiary/aromatic N) is 4. The number of rotatable bonds is 8. The minimum absolute atomic E-state index is 0.173. The molecule has 0 unspecified atom stereocenters.